The molecular formula is C13H21NO3S. The van der Waals surface area contributed by atoms with Gasteiger partial charge in [-0.3, -0.25) is 0 Å². The fraction of sp³-hybridized carbons (Fsp3) is 0.692. The summed E-state index contributed by atoms with van der Waals surface area (Å²) in [4.78, 5) is 14.6. The Kier molecular flexibility index (Phi) is 6.90. The molecule has 1 aromatic heterocycles. The third-order valence-electron chi connectivity index (χ3n) is 2.71. The molecule has 1 atom stereocenters. The second kappa shape index (κ2) is 8.21. The van der Waals surface area contributed by atoms with Crippen LogP contribution in [-0.4, -0.2) is 22.2 Å². The second-order valence-corrected chi connectivity index (χ2v) is 5.28. The van der Waals surface area contributed by atoms with E-state index in [1.54, 1.807) is 5.38 Å². The lowest BCUT2D eigenvalue weighted by molar-refractivity contribution is 0.0441. The van der Waals surface area contributed by atoms with Crippen LogP contribution < -0.4 is 0 Å². The molecule has 0 aliphatic rings. The molecule has 1 unspecified atom stereocenters. The Bertz CT molecular complexity index is 365. The number of carbonyl (C=O) groups is 1. The molecular weight excluding hydrogens is 250 g/mol. The Morgan fingerprint density at radius 3 is 2.89 bits per heavy atom. The van der Waals surface area contributed by atoms with Gasteiger partial charge in [0.15, 0.2) is 0 Å². The van der Waals surface area contributed by atoms with Crippen molar-refractivity contribution in [2.24, 2.45) is 0 Å². The lowest BCUT2D eigenvalue weighted by atomic mass is 10.1. The minimum atomic E-state index is -0.973. The van der Waals surface area contributed by atoms with Crippen molar-refractivity contribution in [2.45, 2.75) is 58.7 Å². The number of carboxylic acids is 1. The lowest BCUT2D eigenvalue weighted by Crippen LogP contribution is -2.08. The van der Waals surface area contributed by atoms with E-state index in [-0.39, 0.29) is 11.1 Å². The summed E-state index contributed by atoms with van der Waals surface area (Å²) in [6, 6.07) is 0. The molecule has 0 radical (unpaired) electrons. The van der Waals surface area contributed by atoms with Gasteiger partial charge in [0.1, 0.15) is 0 Å². The fourth-order valence-corrected chi connectivity index (χ4v) is 2.28. The molecule has 18 heavy (non-hydrogen) atoms. The van der Waals surface area contributed by atoms with Gasteiger partial charge in [0.25, 0.3) is 0 Å². The molecule has 0 aliphatic carbocycles. The van der Waals surface area contributed by atoms with Crippen molar-refractivity contribution in [2.75, 3.05) is 0 Å². The number of aromatic nitrogens is 1. The molecule has 0 fully saturated rings. The van der Waals surface area contributed by atoms with Crippen molar-refractivity contribution in [3.63, 3.8) is 0 Å². The molecule has 102 valence electrons. The third kappa shape index (κ3) is 5.60. The topological polar surface area (TPSA) is 59.4 Å². The van der Waals surface area contributed by atoms with Crippen LogP contribution in [0, 0.1) is 0 Å². The van der Waals surface area contributed by atoms with Gasteiger partial charge in [-0.25, -0.2) is 9.78 Å². The molecule has 1 rings (SSSR count). The SMILES string of the molecule is CCCCCCC(C)OCc1csc(C(=O)O)n1. The van der Waals surface area contributed by atoms with E-state index in [0.29, 0.717) is 12.3 Å². The predicted molar refractivity (Wildman–Crippen MR) is 72.1 cm³/mol. The van der Waals surface area contributed by atoms with Crippen molar-refractivity contribution in [3.8, 4) is 0 Å². The van der Waals surface area contributed by atoms with Gasteiger partial charge in [-0.05, 0) is 13.3 Å². The summed E-state index contributed by atoms with van der Waals surface area (Å²) in [5, 5.41) is 10.6. The molecule has 0 aliphatic heterocycles. The Morgan fingerprint density at radius 1 is 1.50 bits per heavy atom. The van der Waals surface area contributed by atoms with Gasteiger partial charge in [0.2, 0.25) is 5.01 Å². The van der Waals surface area contributed by atoms with E-state index < -0.39 is 5.97 Å². The molecule has 0 amide bonds. The monoisotopic (exact) mass is 271 g/mol. The Hall–Kier alpha value is -0.940. The van der Waals surface area contributed by atoms with Crippen molar-refractivity contribution in [1.82, 2.24) is 4.98 Å². The van der Waals surface area contributed by atoms with Crippen LogP contribution in [0.25, 0.3) is 0 Å². The summed E-state index contributed by atoms with van der Waals surface area (Å²) >= 11 is 1.14. The zero-order chi connectivity index (χ0) is 13.4. The standard InChI is InChI=1S/C13H21NO3S/c1-3-4-5-6-7-10(2)17-8-11-9-18-12(14-11)13(15)16/h9-10H,3-8H2,1-2H3,(H,15,16). The number of hydrogen-bond acceptors (Lipinski definition) is 4. The first kappa shape index (κ1) is 15.1. The van der Waals surface area contributed by atoms with E-state index in [2.05, 4.69) is 18.8 Å². The van der Waals surface area contributed by atoms with Crippen molar-refractivity contribution in [3.05, 3.63) is 16.1 Å². The number of ether oxygens (including phenoxy) is 1. The predicted octanol–water partition coefficient (Wildman–Crippen LogP) is 3.72. The highest BCUT2D eigenvalue weighted by molar-refractivity contribution is 7.11. The number of carboxylic acid groups (broad SMARTS) is 1. The quantitative estimate of drug-likeness (QED) is 0.695. The van der Waals surface area contributed by atoms with E-state index in [4.69, 9.17) is 9.84 Å². The van der Waals surface area contributed by atoms with Crippen LogP contribution >= 0.6 is 11.3 Å². The van der Waals surface area contributed by atoms with Crippen molar-refractivity contribution < 1.29 is 14.6 Å². The largest absolute Gasteiger partial charge is 0.476 e. The Balaban J connectivity index is 2.20. The van der Waals surface area contributed by atoms with E-state index >= 15 is 0 Å². The van der Waals surface area contributed by atoms with Gasteiger partial charge in [0, 0.05) is 5.38 Å². The molecule has 4 nitrogen and oxygen atoms in total. The molecule has 0 aromatic carbocycles. The van der Waals surface area contributed by atoms with E-state index in [1.165, 1.54) is 25.7 Å². The van der Waals surface area contributed by atoms with Gasteiger partial charge >= 0.3 is 5.97 Å². The summed E-state index contributed by atoms with van der Waals surface area (Å²) in [5.74, 6) is -0.973. The molecule has 1 heterocycles. The zero-order valence-corrected chi connectivity index (χ0v) is 11.8. The van der Waals surface area contributed by atoms with Crippen LogP contribution in [0.5, 0.6) is 0 Å². The zero-order valence-electron chi connectivity index (χ0n) is 11.0. The minimum Gasteiger partial charge on any atom is -0.476 e. The van der Waals surface area contributed by atoms with E-state index in [0.717, 1.165) is 17.8 Å². The molecule has 1 N–H and O–H groups in total. The van der Waals surface area contributed by atoms with Gasteiger partial charge in [0.05, 0.1) is 18.4 Å². The summed E-state index contributed by atoms with van der Waals surface area (Å²) < 4.78 is 5.65. The van der Waals surface area contributed by atoms with Crippen LogP contribution in [0.15, 0.2) is 5.38 Å². The van der Waals surface area contributed by atoms with Crippen molar-refractivity contribution in [1.29, 1.82) is 0 Å². The van der Waals surface area contributed by atoms with Crippen LogP contribution in [0.1, 0.15) is 61.4 Å². The molecule has 5 heteroatoms. The highest BCUT2D eigenvalue weighted by Crippen LogP contribution is 2.13. The smallest absolute Gasteiger partial charge is 0.365 e. The number of thiazole rings is 1. The van der Waals surface area contributed by atoms with E-state index in [1.807, 2.05) is 0 Å². The van der Waals surface area contributed by atoms with E-state index in [9.17, 15) is 4.79 Å². The Labute approximate surface area is 112 Å². The number of nitrogens with zero attached hydrogens (tertiary/aromatic N) is 1. The minimum absolute atomic E-state index is 0.129. The highest BCUT2D eigenvalue weighted by atomic mass is 32.1. The van der Waals surface area contributed by atoms with Crippen LogP contribution in [0.4, 0.5) is 0 Å². The van der Waals surface area contributed by atoms with Gasteiger partial charge in [-0.15, -0.1) is 11.3 Å². The third-order valence-corrected chi connectivity index (χ3v) is 3.59. The first-order chi connectivity index (χ1) is 8.63. The van der Waals surface area contributed by atoms with Crippen LogP contribution in [0.3, 0.4) is 0 Å². The summed E-state index contributed by atoms with van der Waals surface area (Å²) in [6.45, 7) is 4.65. The molecule has 0 saturated heterocycles. The maximum atomic E-state index is 10.7. The number of rotatable bonds is 9. The first-order valence-electron chi connectivity index (χ1n) is 6.42. The number of aromatic carboxylic acids is 1. The second-order valence-electron chi connectivity index (χ2n) is 4.42. The molecule has 1 aromatic rings. The summed E-state index contributed by atoms with van der Waals surface area (Å²) in [5.41, 5.74) is 0.706. The van der Waals surface area contributed by atoms with Crippen molar-refractivity contribution >= 4 is 17.3 Å². The molecule has 0 spiro atoms. The fourth-order valence-electron chi connectivity index (χ4n) is 1.64. The summed E-state index contributed by atoms with van der Waals surface area (Å²) in [6.07, 6.45) is 6.22. The number of unbranched alkanes of at least 4 members (excludes halogenated alkanes) is 3. The van der Waals surface area contributed by atoms with Gasteiger partial charge < -0.3 is 9.84 Å². The first-order valence-corrected chi connectivity index (χ1v) is 7.30. The van der Waals surface area contributed by atoms with Crippen LogP contribution in [0.2, 0.25) is 0 Å². The highest BCUT2D eigenvalue weighted by Gasteiger charge is 2.10. The maximum absolute atomic E-state index is 10.7. The lowest BCUT2D eigenvalue weighted by Gasteiger charge is -2.11. The average molecular weight is 271 g/mol. The Morgan fingerprint density at radius 2 is 2.28 bits per heavy atom. The van der Waals surface area contributed by atoms with Crippen LogP contribution in [-0.2, 0) is 11.3 Å². The summed E-state index contributed by atoms with van der Waals surface area (Å²) in [7, 11) is 0. The molecule has 0 saturated carbocycles. The molecule has 0 bridgehead atoms. The van der Waals surface area contributed by atoms with Gasteiger partial charge in [-0.1, -0.05) is 32.6 Å². The maximum Gasteiger partial charge on any atom is 0.365 e. The van der Waals surface area contributed by atoms with Gasteiger partial charge in [-0.2, -0.15) is 0 Å². The normalized spacial score (nSPS) is 12.6. The number of hydrogen-bond donors (Lipinski definition) is 1. The average Bonchev–Trinajstić information content (AvgIpc) is 2.81.